The third-order valence-corrected chi connectivity index (χ3v) is 6.21. The van der Waals surface area contributed by atoms with Crippen molar-refractivity contribution in [3.63, 3.8) is 0 Å². The first-order chi connectivity index (χ1) is 13.6. The Labute approximate surface area is 167 Å². The van der Waals surface area contributed by atoms with Gasteiger partial charge in [0.2, 0.25) is 11.8 Å². The molecule has 2 atom stereocenters. The van der Waals surface area contributed by atoms with Crippen LogP contribution in [0.15, 0.2) is 24.3 Å². The van der Waals surface area contributed by atoms with Crippen molar-refractivity contribution in [2.75, 3.05) is 19.6 Å². The molecule has 0 spiro atoms. The van der Waals surface area contributed by atoms with E-state index in [0.717, 1.165) is 25.8 Å². The van der Waals surface area contributed by atoms with Crippen molar-refractivity contribution in [3.8, 4) is 0 Å². The molecule has 3 aliphatic rings. The van der Waals surface area contributed by atoms with E-state index in [9.17, 15) is 9.59 Å². The van der Waals surface area contributed by atoms with Crippen LogP contribution in [0.4, 0.5) is 0 Å². The van der Waals surface area contributed by atoms with E-state index in [0.29, 0.717) is 25.7 Å². The molecule has 0 radical (unpaired) electrons. The van der Waals surface area contributed by atoms with Gasteiger partial charge in [0.1, 0.15) is 6.04 Å². The first kappa shape index (κ1) is 19.4. The molecule has 0 aromatic heterocycles. The van der Waals surface area contributed by atoms with Crippen molar-refractivity contribution >= 4 is 11.8 Å². The van der Waals surface area contributed by atoms with Crippen LogP contribution in [0.1, 0.15) is 43.2 Å². The van der Waals surface area contributed by atoms with Crippen molar-refractivity contribution in [1.82, 2.24) is 15.1 Å². The Bertz CT molecular complexity index is 712. The van der Waals surface area contributed by atoms with Gasteiger partial charge in [-0.05, 0) is 44.6 Å². The Morgan fingerprint density at radius 1 is 1.14 bits per heavy atom. The lowest BCUT2D eigenvalue weighted by atomic mass is 10.1. The number of rotatable bonds is 8. The molecule has 4 rings (SSSR count). The van der Waals surface area contributed by atoms with Gasteiger partial charge in [0.15, 0.2) is 0 Å². The quantitative estimate of drug-likeness (QED) is 0.710. The van der Waals surface area contributed by atoms with Crippen LogP contribution >= 0.6 is 0 Å². The monoisotopic (exact) mass is 384 g/mol. The second-order valence-corrected chi connectivity index (χ2v) is 8.64. The Kier molecular flexibility index (Phi) is 5.69. The zero-order valence-electron chi connectivity index (χ0n) is 16.8. The fourth-order valence-corrected chi connectivity index (χ4v) is 4.29. The molecule has 1 heterocycles. The van der Waals surface area contributed by atoms with E-state index < -0.39 is 0 Å². The van der Waals surface area contributed by atoms with E-state index in [2.05, 4.69) is 41.4 Å². The van der Waals surface area contributed by atoms with E-state index in [4.69, 9.17) is 5.73 Å². The zero-order valence-corrected chi connectivity index (χ0v) is 16.8. The number of carbonyl (C=O) groups is 2. The average Bonchev–Trinajstić information content (AvgIpc) is 3.61. The number of likely N-dealkylation sites (tertiary alicyclic amines) is 1. The van der Waals surface area contributed by atoms with Crippen LogP contribution in [-0.4, -0.2) is 59.4 Å². The smallest absolute Gasteiger partial charge is 0.242 e. The Hall–Kier alpha value is -1.92. The molecule has 2 saturated carbocycles. The molecule has 2 amide bonds. The molecule has 2 aliphatic carbocycles. The largest absolute Gasteiger partial charge is 0.353 e. The van der Waals surface area contributed by atoms with Crippen molar-refractivity contribution in [1.29, 1.82) is 0 Å². The van der Waals surface area contributed by atoms with Gasteiger partial charge >= 0.3 is 0 Å². The summed E-state index contributed by atoms with van der Waals surface area (Å²) in [6.45, 7) is 4.53. The van der Waals surface area contributed by atoms with Crippen molar-refractivity contribution < 1.29 is 9.59 Å². The topological polar surface area (TPSA) is 78.7 Å². The van der Waals surface area contributed by atoms with Gasteiger partial charge in [-0.25, -0.2) is 0 Å². The maximum Gasteiger partial charge on any atom is 0.242 e. The highest BCUT2D eigenvalue weighted by molar-refractivity contribution is 5.90. The summed E-state index contributed by atoms with van der Waals surface area (Å²) < 4.78 is 0. The fourth-order valence-electron chi connectivity index (χ4n) is 4.29. The Morgan fingerprint density at radius 3 is 2.46 bits per heavy atom. The van der Waals surface area contributed by atoms with Gasteiger partial charge in [0.25, 0.3) is 0 Å². The molecule has 2 unspecified atom stereocenters. The van der Waals surface area contributed by atoms with Crippen LogP contribution < -0.4 is 11.1 Å². The third-order valence-electron chi connectivity index (χ3n) is 6.21. The van der Waals surface area contributed by atoms with Crippen molar-refractivity contribution in [2.24, 2.45) is 11.7 Å². The van der Waals surface area contributed by atoms with Crippen LogP contribution in [0, 0.1) is 12.8 Å². The fraction of sp³-hybridized carbons (Fsp3) is 0.636. The van der Waals surface area contributed by atoms with Crippen LogP contribution in [-0.2, 0) is 16.1 Å². The molecule has 152 valence electrons. The molecule has 3 N–H and O–H groups in total. The molecule has 6 nitrogen and oxygen atoms in total. The molecular weight excluding hydrogens is 352 g/mol. The molecule has 1 aromatic rings. The lowest BCUT2D eigenvalue weighted by molar-refractivity contribution is -0.139. The molecule has 1 saturated heterocycles. The van der Waals surface area contributed by atoms with Crippen LogP contribution in [0.5, 0.6) is 0 Å². The normalized spacial score (nSPS) is 24.6. The maximum atomic E-state index is 12.8. The SMILES string of the molecule is Cc1ccc(CN(C2CC2)C2CC(C(=O)NCCN)N(C(=O)C3CC3)C2)cc1. The lowest BCUT2D eigenvalue weighted by Gasteiger charge is -2.29. The number of aryl methyl sites for hydroxylation is 1. The average molecular weight is 385 g/mol. The first-order valence-corrected chi connectivity index (χ1v) is 10.7. The predicted molar refractivity (Wildman–Crippen MR) is 108 cm³/mol. The number of benzene rings is 1. The van der Waals surface area contributed by atoms with Gasteiger partial charge in [-0.15, -0.1) is 0 Å². The number of nitrogens with two attached hydrogens (primary N) is 1. The highest BCUT2D eigenvalue weighted by Gasteiger charge is 2.47. The van der Waals surface area contributed by atoms with E-state index in [1.807, 2.05) is 4.90 Å². The lowest BCUT2D eigenvalue weighted by Crippen LogP contribution is -2.47. The molecular formula is C22H32N4O2. The van der Waals surface area contributed by atoms with E-state index in [-0.39, 0.29) is 29.8 Å². The number of amides is 2. The second kappa shape index (κ2) is 8.21. The van der Waals surface area contributed by atoms with Crippen LogP contribution in [0.2, 0.25) is 0 Å². The van der Waals surface area contributed by atoms with Crippen LogP contribution in [0.25, 0.3) is 0 Å². The molecule has 1 aliphatic heterocycles. The van der Waals surface area contributed by atoms with Crippen LogP contribution in [0.3, 0.4) is 0 Å². The van der Waals surface area contributed by atoms with Gasteiger partial charge in [0.05, 0.1) is 0 Å². The number of hydrogen-bond donors (Lipinski definition) is 2. The standard InChI is InChI=1S/C22H32N4O2/c1-15-2-4-16(5-3-15)13-25(18-8-9-18)19-12-20(21(27)24-11-10-23)26(14-19)22(28)17-6-7-17/h2-5,17-20H,6-14,23H2,1H3,(H,24,27). The first-order valence-electron chi connectivity index (χ1n) is 10.7. The summed E-state index contributed by atoms with van der Waals surface area (Å²) in [6, 6.07) is 9.16. The number of hydrogen-bond acceptors (Lipinski definition) is 4. The zero-order chi connectivity index (χ0) is 19.7. The number of carbonyl (C=O) groups excluding carboxylic acids is 2. The van der Waals surface area contributed by atoms with Gasteiger partial charge in [-0.2, -0.15) is 0 Å². The Balaban J connectivity index is 1.49. The van der Waals surface area contributed by atoms with Gasteiger partial charge in [0, 0.05) is 44.2 Å². The summed E-state index contributed by atoms with van der Waals surface area (Å²) >= 11 is 0. The number of nitrogens with one attached hydrogen (secondary N) is 1. The summed E-state index contributed by atoms with van der Waals surface area (Å²) in [5.74, 6) is 0.254. The molecule has 6 heteroatoms. The predicted octanol–water partition coefficient (Wildman–Crippen LogP) is 1.41. The summed E-state index contributed by atoms with van der Waals surface area (Å²) in [5.41, 5.74) is 8.11. The summed E-state index contributed by atoms with van der Waals surface area (Å²) in [5, 5.41) is 2.90. The Morgan fingerprint density at radius 2 is 1.86 bits per heavy atom. The minimum absolute atomic E-state index is 0.0481. The van der Waals surface area contributed by atoms with E-state index in [1.165, 1.54) is 24.0 Å². The van der Waals surface area contributed by atoms with Crippen molar-refractivity contribution in [2.45, 2.75) is 63.7 Å². The highest BCUT2D eigenvalue weighted by Crippen LogP contribution is 2.38. The summed E-state index contributed by atoms with van der Waals surface area (Å²) in [7, 11) is 0. The maximum absolute atomic E-state index is 12.8. The molecule has 3 fully saturated rings. The van der Waals surface area contributed by atoms with Gasteiger partial charge < -0.3 is 16.0 Å². The minimum Gasteiger partial charge on any atom is -0.353 e. The molecule has 1 aromatic carbocycles. The molecule has 0 bridgehead atoms. The van der Waals surface area contributed by atoms with E-state index in [1.54, 1.807) is 0 Å². The number of nitrogens with zero attached hydrogens (tertiary/aromatic N) is 2. The summed E-state index contributed by atoms with van der Waals surface area (Å²) in [4.78, 5) is 30.0. The highest BCUT2D eigenvalue weighted by atomic mass is 16.2. The third kappa shape index (κ3) is 4.39. The van der Waals surface area contributed by atoms with Crippen molar-refractivity contribution in [3.05, 3.63) is 35.4 Å². The van der Waals surface area contributed by atoms with Gasteiger partial charge in [-0.1, -0.05) is 29.8 Å². The molecule has 28 heavy (non-hydrogen) atoms. The summed E-state index contributed by atoms with van der Waals surface area (Å²) in [6.07, 6.45) is 5.07. The van der Waals surface area contributed by atoms with Gasteiger partial charge in [-0.3, -0.25) is 14.5 Å². The second-order valence-electron chi connectivity index (χ2n) is 8.64. The van der Waals surface area contributed by atoms with E-state index >= 15 is 0 Å². The minimum atomic E-state index is -0.357.